The lowest BCUT2D eigenvalue weighted by Gasteiger charge is -2.23. The molecule has 0 fully saturated rings. The second kappa shape index (κ2) is 8.94. The van der Waals surface area contributed by atoms with Crippen LogP contribution in [-0.4, -0.2) is 10.9 Å². The third-order valence-electron chi connectivity index (χ3n) is 3.88. The van der Waals surface area contributed by atoms with E-state index in [2.05, 4.69) is 60.7 Å². The Morgan fingerprint density at radius 1 is 1.25 bits per heavy atom. The summed E-state index contributed by atoms with van der Waals surface area (Å²) >= 11 is 1.46. The highest BCUT2D eigenvalue weighted by molar-refractivity contribution is 7.13. The Bertz CT molecular complexity index is 649. The molecule has 24 heavy (non-hydrogen) atoms. The van der Waals surface area contributed by atoms with E-state index >= 15 is 0 Å². The van der Waals surface area contributed by atoms with Crippen molar-refractivity contribution >= 4 is 22.4 Å². The van der Waals surface area contributed by atoms with Crippen LogP contribution >= 0.6 is 11.3 Å². The first-order valence-corrected chi connectivity index (χ1v) is 9.41. The summed E-state index contributed by atoms with van der Waals surface area (Å²) in [5, 5.41) is 8.97. The molecule has 0 radical (unpaired) electrons. The number of hydrogen-bond acceptors (Lipinski definition) is 4. The average molecular weight is 346 g/mol. The molecule has 1 atom stereocenters. The van der Waals surface area contributed by atoms with Crippen LogP contribution in [-0.2, 0) is 17.8 Å². The van der Waals surface area contributed by atoms with E-state index in [0.29, 0.717) is 17.6 Å². The molecule has 1 aromatic carbocycles. The normalized spacial score (nSPS) is 12.4. The SMILES string of the molecule is CCCc1ccc(C(NCc2csc(NC(C)=O)n2)C(C)C)cc1. The molecule has 0 aliphatic rings. The molecule has 0 bridgehead atoms. The summed E-state index contributed by atoms with van der Waals surface area (Å²) in [5.41, 5.74) is 3.65. The van der Waals surface area contributed by atoms with Crippen LogP contribution < -0.4 is 10.6 Å². The number of carbonyl (C=O) groups excluding carboxylic acids is 1. The van der Waals surface area contributed by atoms with Crippen molar-refractivity contribution in [1.29, 1.82) is 0 Å². The summed E-state index contributed by atoms with van der Waals surface area (Å²) in [5.74, 6) is 0.395. The number of aryl methyl sites for hydroxylation is 1. The van der Waals surface area contributed by atoms with Gasteiger partial charge in [0.1, 0.15) is 0 Å². The van der Waals surface area contributed by atoms with E-state index in [4.69, 9.17) is 0 Å². The maximum atomic E-state index is 11.1. The van der Waals surface area contributed by atoms with Crippen molar-refractivity contribution in [1.82, 2.24) is 10.3 Å². The second-order valence-corrected chi connectivity index (χ2v) is 7.28. The third-order valence-corrected chi connectivity index (χ3v) is 4.69. The molecule has 130 valence electrons. The number of benzene rings is 1. The van der Waals surface area contributed by atoms with Crippen LogP contribution in [0.1, 0.15) is 57.0 Å². The Balaban J connectivity index is 2.00. The van der Waals surface area contributed by atoms with Gasteiger partial charge < -0.3 is 10.6 Å². The van der Waals surface area contributed by atoms with Gasteiger partial charge in [0.15, 0.2) is 5.13 Å². The van der Waals surface area contributed by atoms with E-state index in [1.807, 2.05) is 5.38 Å². The van der Waals surface area contributed by atoms with Gasteiger partial charge in [0, 0.05) is 24.9 Å². The fourth-order valence-corrected chi connectivity index (χ4v) is 3.49. The summed E-state index contributed by atoms with van der Waals surface area (Å²) < 4.78 is 0. The highest BCUT2D eigenvalue weighted by Gasteiger charge is 2.16. The number of nitrogens with zero attached hydrogens (tertiary/aromatic N) is 1. The van der Waals surface area contributed by atoms with Crippen LogP contribution in [0.4, 0.5) is 5.13 Å². The highest BCUT2D eigenvalue weighted by Crippen LogP contribution is 2.23. The van der Waals surface area contributed by atoms with Crippen molar-refractivity contribution in [3.63, 3.8) is 0 Å². The van der Waals surface area contributed by atoms with E-state index in [0.717, 1.165) is 12.1 Å². The van der Waals surface area contributed by atoms with E-state index in [1.165, 1.54) is 35.8 Å². The van der Waals surface area contributed by atoms with Crippen molar-refractivity contribution in [3.05, 3.63) is 46.5 Å². The maximum absolute atomic E-state index is 11.1. The minimum atomic E-state index is -0.0870. The molecule has 5 heteroatoms. The zero-order valence-corrected chi connectivity index (χ0v) is 15.7. The fraction of sp³-hybridized carbons (Fsp3) is 0.474. The third kappa shape index (κ3) is 5.42. The lowest BCUT2D eigenvalue weighted by Crippen LogP contribution is -2.25. The van der Waals surface area contributed by atoms with Crippen LogP contribution in [0.2, 0.25) is 0 Å². The minimum Gasteiger partial charge on any atom is -0.304 e. The molecule has 1 heterocycles. The first kappa shape index (κ1) is 18.6. The van der Waals surface area contributed by atoms with Gasteiger partial charge in [0.2, 0.25) is 5.91 Å². The molecule has 0 saturated heterocycles. The number of thiazole rings is 1. The standard InChI is InChI=1S/C19H27N3OS/c1-5-6-15-7-9-16(10-8-15)18(13(2)3)20-11-17-12-24-19(22-17)21-14(4)23/h7-10,12-13,18,20H,5-6,11H2,1-4H3,(H,21,22,23). The van der Waals surface area contributed by atoms with Crippen molar-refractivity contribution in [2.75, 3.05) is 5.32 Å². The summed E-state index contributed by atoms with van der Waals surface area (Å²) in [4.78, 5) is 15.5. The predicted molar refractivity (Wildman–Crippen MR) is 101 cm³/mol. The maximum Gasteiger partial charge on any atom is 0.223 e. The van der Waals surface area contributed by atoms with Gasteiger partial charge in [0.05, 0.1) is 5.69 Å². The van der Waals surface area contributed by atoms with Gasteiger partial charge in [-0.2, -0.15) is 0 Å². The zero-order chi connectivity index (χ0) is 17.5. The quantitative estimate of drug-likeness (QED) is 0.738. The van der Waals surface area contributed by atoms with E-state index in [-0.39, 0.29) is 11.9 Å². The lowest BCUT2D eigenvalue weighted by atomic mass is 9.94. The van der Waals surface area contributed by atoms with Gasteiger partial charge in [0.25, 0.3) is 0 Å². The topological polar surface area (TPSA) is 54.0 Å². The van der Waals surface area contributed by atoms with Gasteiger partial charge in [-0.25, -0.2) is 4.98 Å². The van der Waals surface area contributed by atoms with Crippen molar-refractivity contribution < 1.29 is 4.79 Å². The van der Waals surface area contributed by atoms with Crippen LogP contribution in [0.5, 0.6) is 0 Å². The number of aromatic nitrogens is 1. The molecule has 2 N–H and O–H groups in total. The van der Waals surface area contributed by atoms with Crippen molar-refractivity contribution in [2.45, 2.75) is 53.1 Å². The largest absolute Gasteiger partial charge is 0.304 e. The van der Waals surface area contributed by atoms with Gasteiger partial charge >= 0.3 is 0 Å². The molecule has 1 aromatic heterocycles. The van der Waals surface area contributed by atoms with Crippen LogP contribution in [0.3, 0.4) is 0 Å². The molecule has 0 saturated carbocycles. The molecule has 1 amide bonds. The molecule has 1 unspecified atom stereocenters. The smallest absolute Gasteiger partial charge is 0.223 e. The first-order valence-electron chi connectivity index (χ1n) is 8.53. The number of amides is 1. The minimum absolute atomic E-state index is 0.0870. The molecular formula is C19H27N3OS. The van der Waals surface area contributed by atoms with E-state index in [1.54, 1.807) is 0 Å². The Morgan fingerprint density at radius 3 is 2.54 bits per heavy atom. The fourth-order valence-electron chi connectivity index (χ4n) is 2.73. The van der Waals surface area contributed by atoms with Crippen LogP contribution in [0.25, 0.3) is 0 Å². The van der Waals surface area contributed by atoms with Gasteiger partial charge in [-0.05, 0) is 23.5 Å². The highest BCUT2D eigenvalue weighted by atomic mass is 32.1. The number of hydrogen-bond donors (Lipinski definition) is 2. The lowest BCUT2D eigenvalue weighted by molar-refractivity contribution is -0.114. The summed E-state index contributed by atoms with van der Waals surface area (Å²) in [6.45, 7) is 8.84. The molecular weight excluding hydrogens is 318 g/mol. The van der Waals surface area contributed by atoms with Gasteiger partial charge in [-0.1, -0.05) is 51.5 Å². The monoisotopic (exact) mass is 345 g/mol. The summed E-state index contributed by atoms with van der Waals surface area (Å²) in [7, 11) is 0. The molecule has 2 aromatic rings. The number of anilines is 1. The molecule has 0 aliphatic heterocycles. The van der Waals surface area contributed by atoms with Crippen molar-refractivity contribution in [3.8, 4) is 0 Å². The second-order valence-electron chi connectivity index (χ2n) is 6.42. The van der Waals surface area contributed by atoms with E-state index in [9.17, 15) is 4.79 Å². The Kier molecular flexibility index (Phi) is 6.94. The Morgan fingerprint density at radius 2 is 1.96 bits per heavy atom. The molecule has 0 spiro atoms. The van der Waals surface area contributed by atoms with Gasteiger partial charge in [-0.15, -0.1) is 11.3 Å². The predicted octanol–water partition coefficient (Wildman–Crippen LogP) is 4.54. The van der Waals surface area contributed by atoms with Crippen LogP contribution in [0, 0.1) is 5.92 Å². The molecule has 2 rings (SSSR count). The average Bonchev–Trinajstić information content (AvgIpc) is 2.95. The summed E-state index contributed by atoms with van der Waals surface area (Å²) in [6, 6.07) is 9.20. The van der Waals surface area contributed by atoms with E-state index < -0.39 is 0 Å². The molecule has 0 aliphatic carbocycles. The summed E-state index contributed by atoms with van der Waals surface area (Å²) in [6.07, 6.45) is 2.30. The molecule has 4 nitrogen and oxygen atoms in total. The van der Waals surface area contributed by atoms with Crippen molar-refractivity contribution in [2.24, 2.45) is 5.92 Å². The number of carbonyl (C=O) groups is 1. The van der Waals surface area contributed by atoms with Gasteiger partial charge in [-0.3, -0.25) is 4.79 Å². The Hall–Kier alpha value is -1.72. The number of nitrogens with one attached hydrogen (secondary N) is 2. The zero-order valence-electron chi connectivity index (χ0n) is 14.9. The number of rotatable bonds is 8. The first-order chi connectivity index (χ1) is 11.5. The Labute approximate surface area is 148 Å². The van der Waals surface area contributed by atoms with Crippen LogP contribution in [0.15, 0.2) is 29.6 Å².